The predicted octanol–water partition coefficient (Wildman–Crippen LogP) is -0.827. The molecule has 0 spiro atoms. The van der Waals surface area contributed by atoms with Crippen molar-refractivity contribution >= 4 is 22.6 Å². The molecule has 0 amide bonds. The molecule has 0 aromatic heterocycles. The van der Waals surface area contributed by atoms with Crippen LogP contribution in [0.4, 0.5) is 0 Å². The maximum atomic E-state index is 10.0. The van der Waals surface area contributed by atoms with Crippen molar-refractivity contribution in [3.8, 4) is 0 Å². The Morgan fingerprint density at radius 1 is 1.38 bits per heavy atom. The molecule has 0 heterocycles. The van der Waals surface area contributed by atoms with Crippen LogP contribution in [0.3, 0.4) is 0 Å². The Hall–Kier alpha value is 0.160. The van der Waals surface area contributed by atoms with Crippen molar-refractivity contribution in [1.82, 2.24) is 4.31 Å². The monoisotopic (exact) mass is 160 g/mol. The van der Waals surface area contributed by atoms with E-state index in [0.29, 0.717) is 0 Å². The Labute approximate surface area is 55.3 Å². The van der Waals surface area contributed by atoms with Crippen molar-refractivity contribution in [3.63, 3.8) is 0 Å². The molecule has 0 unspecified atom stereocenters. The SMILES string of the molecule is CN(C)S(N)(=O)=O.Cl. The third kappa shape index (κ3) is 4.32. The second-order valence-corrected chi connectivity index (χ2v) is 3.09. The van der Waals surface area contributed by atoms with Gasteiger partial charge in [0.05, 0.1) is 0 Å². The van der Waals surface area contributed by atoms with Gasteiger partial charge in [0.25, 0.3) is 10.2 Å². The lowest BCUT2D eigenvalue weighted by Crippen LogP contribution is -2.29. The summed E-state index contributed by atoms with van der Waals surface area (Å²) in [6.07, 6.45) is 0. The summed E-state index contributed by atoms with van der Waals surface area (Å²) in [4.78, 5) is 0. The van der Waals surface area contributed by atoms with Crippen LogP contribution >= 0.6 is 12.4 Å². The summed E-state index contributed by atoms with van der Waals surface area (Å²) in [6, 6.07) is 0. The number of nitrogens with zero attached hydrogens (tertiary/aromatic N) is 1. The molecule has 4 nitrogen and oxygen atoms in total. The highest BCUT2D eigenvalue weighted by Gasteiger charge is 2.01. The van der Waals surface area contributed by atoms with Crippen LogP contribution in [0.15, 0.2) is 0 Å². The molecular weight excluding hydrogens is 152 g/mol. The van der Waals surface area contributed by atoms with Crippen LogP contribution in [-0.4, -0.2) is 26.8 Å². The van der Waals surface area contributed by atoms with Crippen LogP contribution in [0.2, 0.25) is 0 Å². The molecule has 0 saturated heterocycles. The van der Waals surface area contributed by atoms with Crippen molar-refractivity contribution in [2.75, 3.05) is 14.1 Å². The molecular formula is C2H9ClN2O2S. The topological polar surface area (TPSA) is 63.4 Å². The van der Waals surface area contributed by atoms with Crippen LogP contribution < -0.4 is 5.14 Å². The van der Waals surface area contributed by atoms with Crippen LogP contribution in [0.1, 0.15) is 0 Å². The van der Waals surface area contributed by atoms with Gasteiger partial charge in [0.15, 0.2) is 0 Å². The number of hydrogen-bond acceptors (Lipinski definition) is 2. The quantitative estimate of drug-likeness (QED) is 0.545. The fourth-order valence-corrected chi connectivity index (χ4v) is 0. The highest BCUT2D eigenvalue weighted by atomic mass is 35.5. The average Bonchev–Trinajstić information content (AvgIpc) is 1.31. The van der Waals surface area contributed by atoms with Gasteiger partial charge >= 0.3 is 0 Å². The minimum absolute atomic E-state index is 0. The Bertz CT molecular complexity index is 140. The van der Waals surface area contributed by atoms with Crippen molar-refractivity contribution < 1.29 is 8.42 Å². The van der Waals surface area contributed by atoms with Crippen LogP contribution in [0, 0.1) is 0 Å². The molecule has 6 heteroatoms. The van der Waals surface area contributed by atoms with Crippen molar-refractivity contribution in [2.45, 2.75) is 0 Å². The molecule has 0 bridgehead atoms. The Morgan fingerprint density at radius 2 is 1.50 bits per heavy atom. The molecule has 0 fully saturated rings. The van der Waals surface area contributed by atoms with Crippen molar-refractivity contribution in [3.05, 3.63) is 0 Å². The molecule has 0 aliphatic heterocycles. The van der Waals surface area contributed by atoms with E-state index >= 15 is 0 Å². The second-order valence-electron chi connectivity index (χ2n) is 1.33. The maximum absolute atomic E-state index is 10.0. The van der Waals surface area contributed by atoms with E-state index in [9.17, 15) is 8.42 Å². The molecule has 0 aliphatic rings. The lowest BCUT2D eigenvalue weighted by Gasteiger charge is -2.02. The number of rotatable bonds is 1. The molecule has 0 rings (SSSR count). The largest absolute Gasteiger partial charge is 0.276 e. The third-order valence-corrected chi connectivity index (χ3v) is 1.53. The summed E-state index contributed by atoms with van der Waals surface area (Å²) in [5.74, 6) is 0. The lowest BCUT2D eigenvalue weighted by molar-refractivity contribution is 0.522. The van der Waals surface area contributed by atoms with Gasteiger partial charge in [-0.05, 0) is 0 Å². The van der Waals surface area contributed by atoms with Crippen molar-refractivity contribution in [2.24, 2.45) is 5.14 Å². The molecule has 2 N–H and O–H groups in total. The van der Waals surface area contributed by atoms with E-state index in [1.165, 1.54) is 14.1 Å². The van der Waals surface area contributed by atoms with E-state index in [-0.39, 0.29) is 12.4 Å². The second kappa shape index (κ2) is 3.24. The van der Waals surface area contributed by atoms with E-state index in [1.54, 1.807) is 0 Å². The van der Waals surface area contributed by atoms with Gasteiger partial charge < -0.3 is 0 Å². The zero-order chi connectivity index (χ0) is 6.08. The van der Waals surface area contributed by atoms with Crippen molar-refractivity contribution in [1.29, 1.82) is 0 Å². The normalized spacial score (nSPS) is 11.0. The maximum Gasteiger partial charge on any atom is 0.276 e. The van der Waals surface area contributed by atoms with Gasteiger partial charge in [-0.15, -0.1) is 12.4 Å². The Balaban J connectivity index is 0. The van der Waals surface area contributed by atoms with Gasteiger partial charge in [-0.25, -0.2) is 5.14 Å². The molecule has 8 heavy (non-hydrogen) atoms. The number of hydrogen-bond donors (Lipinski definition) is 1. The van der Waals surface area contributed by atoms with Gasteiger partial charge in [0.2, 0.25) is 0 Å². The van der Waals surface area contributed by atoms with E-state index in [2.05, 4.69) is 5.14 Å². The van der Waals surface area contributed by atoms with Gasteiger partial charge in [-0.1, -0.05) is 0 Å². The standard InChI is InChI=1S/C2H8N2O2S.ClH/c1-4(2)7(3,5)6;/h1-2H3,(H2,3,5,6);1H. The smallest absolute Gasteiger partial charge is 0.216 e. The summed E-state index contributed by atoms with van der Waals surface area (Å²) in [7, 11) is -0.667. The third-order valence-electron chi connectivity index (χ3n) is 0.509. The molecule has 0 aliphatic carbocycles. The molecule has 52 valence electrons. The molecule has 0 aromatic rings. The molecule has 0 aromatic carbocycles. The van der Waals surface area contributed by atoms with Gasteiger partial charge in [0.1, 0.15) is 0 Å². The minimum atomic E-state index is -3.41. The fourth-order valence-electron chi connectivity index (χ4n) is 0. The zero-order valence-corrected chi connectivity index (χ0v) is 6.29. The van der Waals surface area contributed by atoms with Crippen LogP contribution in [-0.2, 0) is 10.2 Å². The van der Waals surface area contributed by atoms with E-state index in [1.807, 2.05) is 0 Å². The predicted molar refractivity (Wildman–Crippen MR) is 34.0 cm³/mol. The first-order chi connectivity index (χ1) is 2.94. The highest BCUT2D eigenvalue weighted by molar-refractivity contribution is 7.86. The first kappa shape index (κ1) is 11.0. The first-order valence-electron chi connectivity index (χ1n) is 1.65. The summed E-state index contributed by atoms with van der Waals surface area (Å²) >= 11 is 0. The average molecular weight is 161 g/mol. The van der Waals surface area contributed by atoms with Crippen LogP contribution in [0.5, 0.6) is 0 Å². The van der Waals surface area contributed by atoms with E-state index in [4.69, 9.17) is 0 Å². The van der Waals surface area contributed by atoms with Gasteiger partial charge in [0, 0.05) is 14.1 Å². The zero-order valence-electron chi connectivity index (χ0n) is 4.66. The summed E-state index contributed by atoms with van der Waals surface area (Å²) in [5, 5.41) is 4.58. The number of halogens is 1. The highest BCUT2D eigenvalue weighted by Crippen LogP contribution is 1.77. The summed E-state index contributed by atoms with van der Waals surface area (Å²) in [6.45, 7) is 0. The van der Waals surface area contributed by atoms with Crippen LogP contribution in [0.25, 0.3) is 0 Å². The minimum Gasteiger partial charge on any atom is -0.216 e. The fraction of sp³-hybridized carbons (Fsp3) is 1.00. The summed E-state index contributed by atoms with van der Waals surface area (Å²) in [5.41, 5.74) is 0. The summed E-state index contributed by atoms with van der Waals surface area (Å²) < 4.78 is 21.0. The van der Waals surface area contributed by atoms with Gasteiger partial charge in [-0.2, -0.15) is 12.7 Å². The van der Waals surface area contributed by atoms with Gasteiger partial charge in [-0.3, -0.25) is 0 Å². The lowest BCUT2D eigenvalue weighted by atomic mass is 11.3. The number of nitrogens with two attached hydrogens (primary N) is 1. The Morgan fingerprint density at radius 3 is 1.50 bits per heavy atom. The van der Waals surface area contributed by atoms with E-state index in [0.717, 1.165) is 4.31 Å². The molecule has 0 saturated carbocycles. The molecule has 0 radical (unpaired) electrons. The van der Waals surface area contributed by atoms with E-state index < -0.39 is 10.2 Å². The first-order valence-corrected chi connectivity index (χ1v) is 3.15. The molecule has 0 atom stereocenters. The Kier molecular flexibility index (Phi) is 4.46.